The summed E-state index contributed by atoms with van der Waals surface area (Å²) in [4.78, 5) is 34.5. The third-order valence-electron chi connectivity index (χ3n) is 2.48. The van der Waals surface area contributed by atoms with Crippen LogP contribution in [0.15, 0.2) is 0 Å². The molecule has 1 aliphatic heterocycles. The van der Waals surface area contributed by atoms with E-state index >= 15 is 0 Å². The Hall–Kier alpha value is -1.34. The number of nitrogens with two attached hydrogens (primary N) is 1. The summed E-state index contributed by atoms with van der Waals surface area (Å²) >= 11 is 0. The average molecular weight is 266 g/mol. The van der Waals surface area contributed by atoms with E-state index in [4.69, 9.17) is 10.8 Å². The Morgan fingerprint density at radius 2 is 2.06 bits per heavy atom. The predicted octanol–water partition coefficient (Wildman–Crippen LogP) is -1.44. The van der Waals surface area contributed by atoms with Gasteiger partial charge in [0.15, 0.2) is 0 Å². The quantitative estimate of drug-likeness (QED) is 0.576. The first-order valence-electron chi connectivity index (χ1n) is 5.05. The fraction of sp³-hybridized carbons (Fsp3) is 0.667. The van der Waals surface area contributed by atoms with E-state index in [0.717, 1.165) is 0 Å². The molecule has 0 aliphatic carbocycles. The van der Waals surface area contributed by atoms with Gasteiger partial charge in [-0.3, -0.25) is 9.59 Å². The maximum absolute atomic E-state index is 11.6. The maximum Gasteiger partial charge on any atom is 0.326 e. The molecule has 1 atom stereocenters. The van der Waals surface area contributed by atoms with Crippen molar-refractivity contribution in [3.8, 4) is 0 Å². The lowest BCUT2D eigenvalue weighted by Crippen LogP contribution is -2.46. The molecule has 1 heterocycles. The molecule has 0 aromatic carbocycles. The molecule has 0 spiro atoms. The van der Waals surface area contributed by atoms with Crippen molar-refractivity contribution >= 4 is 30.2 Å². The minimum Gasteiger partial charge on any atom is -0.480 e. The molecule has 0 unspecified atom stereocenters. The average Bonchev–Trinajstić information content (AvgIpc) is 2.74. The molecule has 2 amide bonds. The molecule has 1 aliphatic rings. The van der Waals surface area contributed by atoms with E-state index in [1.807, 2.05) is 0 Å². The van der Waals surface area contributed by atoms with Crippen LogP contribution in [0.2, 0.25) is 0 Å². The van der Waals surface area contributed by atoms with Gasteiger partial charge in [-0.05, 0) is 12.8 Å². The van der Waals surface area contributed by atoms with Gasteiger partial charge in [0.25, 0.3) is 0 Å². The molecule has 0 aromatic heterocycles. The fourth-order valence-electron chi connectivity index (χ4n) is 1.67. The molecule has 98 valence electrons. The summed E-state index contributed by atoms with van der Waals surface area (Å²) in [5, 5.41) is 11.2. The molecular formula is C9H16ClN3O4. The molecule has 1 rings (SSSR count). The van der Waals surface area contributed by atoms with Crippen LogP contribution >= 0.6 is 12.4 Å². The molecule has 17 heavy (non-hydrogen) atoms. The van der Waals surface area contributed by atoms with Crippen molar-refractivity contribution in [1.29, 1.82) is 0 Å². The van der Waals surface area contributed by atoms with Gasteiger partial charge in [0.1, 0.15) is 6.04 Å². The molecule has 0 saturated carbocycles. The number of halogens is 1. The van der Waals surface area contributed by atoms with Crippen molar-refractivity contribution in [3.05, 3.63) is 0 Å². The number of nitrogens with one attached hydrogen (secondary N) is 1. The van der Waals surface area contributed by atoms with E-state index < -0.39 is 17.9 Å². The van der Waals surface area contributed by atoms with E-state index in [0.29, 0.717) is 19.4 Å². The zero-order valence-corrected chi connectivity index (χ0v) is 10.0. The second-order valence-electron chi connectivity index (χ2n) is 3.56. The first-order valence-corrected chi connectivity index (χ1v) is 5.05. The molecule has 0 radical (unpaired) electrons. The van der Waals surface area contributed by atoms with Gasteiger partial charge in [0.05, 0.1) is 13.1 Å². The number of likely N-dealkylation sites (tertiary alicyclic amines) is 1. The topological polar surface area (TPSA) is 113 Å². The molecule has 4 N–H and O–H groups in total. The van der Waals surface area contributed by atoms with Gasteiger partial charge in [0, 0.05) is 6.54 Å². The normalized spacial score (nSPS) is 18.4. The van der Waals surface area contributed by atoms with E-state index in [9.17, 15) is 14.4 Å². The van der Waals surface area contributed by atoms with Crippen LogP contribution in [0.25, 0.3) is 0 Å². The Labute approximate surface area is 105 Å². The van der Waals surface area contributed by atoms with E-state index in [2.05, 4.69) is 5.32 Å². The van der Waals surface area contributed by atoms with E-state index in [-0.39, 0.29) is 31.4 Å². The summed E-state index contributed by atoms with van der Waals surface area (Å²) in [6, 6.07) is -0.762. The molecule has 8 heteroatoms. The number of carboxylic acids is 1. The van der Waals surface area contributed by atoms with Gasteiger partial charge < -0.3 is 21.1 Å². The van der Waals surface area contributed by atoms with Crippen molar-refractivity contribution < 1.29 is 19.5 Å². The minimum atomic E-state index is -1.00. The van der Waals surface area contributed by atoms with E-state index in [1.54, 1.807) is 0 Å². The van der Waals surface area contributed by atoms with Gasteiger partial charge in [-0.25, -0.2) is 4.79 Å². The predicted molar refractivity (Wildman–Crippen MR) is 61.7 cm³/mol. The number of carboxylic acid groups (broad SMARTS) is 1. The van der Waals surface area contributed by atoms with Crippen LogP contribution < -0.4 is 11.1 Å². The number of aliphatic carboxylic acids is 1. The summed E-state index contributed by atoms with van der Waals surface area (Å²) in [7, 11) is 0. The third kappa shape index (κ3) is 4.20. The number of hydrogen-bond acceptors (Lipinski definition) is 4. The lowest BCUT2D eigenvalue weighted by molar-refractivity contribution is -0.148. The molecule has 0 aromatic rings. The Morgan fingerprint density at radius 3 is 2.59 bits per heavy atom. The van der Waals surface area contributed by atoms with Crippen LogP contribution in [0.1, 0.15) is 12.8 Å². The van der Waals surface area contributed by atoms with Gasteiger partial charge in [0.2, 0.25) is 11.8 Å². The number of rotatable bonds is 4. The number of nitrogens with zero attached hydrogens (tertiary/aromatic N) is 1. The van der Waals surface area contributed by atoms with Gasteiger partial charge in [-0.2, -0.15) is 0 Å². The molecular weight excluding hydrogens is 250 g/mol. The van der Waals surface area contributed by atoms with Crippen molar-refractivity contribution in [2.75, 3.05) is 19.6 Å². The second-order valence-corrected chi connectivity index (χ2v) is 3.56. The number of amides is 2. The van der Waals surface area contributed by atoms with Crippen molar-refractivity contribution in [3.63, 3.8) is 0 Å². The van der Waals surface area contributed by atoms with Crippen LogP contribution in [0.4, 0.5) is 0 Å². The molecule has 1 saturated heterocycles. The Balaban J connectivity index is 0.00000256. The minimum absolute atomic E-state index is 0. The summed E-state index contributed by atoms with van der Waals surface area (Å²) in [5.74, 6) is -1.82. The molecule has 1 fully saturated rings. The summed E-state index contributed by atoms with van der Waals surface area (Å²) in [6.45, 7) is 0.0454. The van der Waals surface area contributed by atoms with E-state index in [1.165, 1.54) is 4.90 Å². The third-order valence-corrected chi connectivity index (χ3v) is 2.48. The van der Waals surface area contributed by atoms with Crippen molar-refractivity contribution in [2.45, 2.75) is 18.9 Å². The SMILES string of the molecule is Cl.NCC(=O)NCC(=O)N1CCC[C@H]1C(=O)O. The van der Waals surface area contributed by atoms with Gasteiger partial charge >= 0.3 is 5.97 Å². The number of carbonyl (C=O) groups excluding carboxylic acids is 2. The van der Waals surface area contributed by atoms with Gasteiger partial charge in [-0.1, -0.05) is 0 Å². The summed E-state index contributed by atoms with van der Waals surface area (Å²) in [6.07, 6.45) is 1.14. The zero-order chi connectivity index (χ0) is 12.1. The van der Waals surface area contributed by atoms with Crippen LogP contribution in [0.3, 0.4) is 0 Å². The molecule has 7 nitrogen and oxygen atoms in total. The maximum atomic E-state index is 11.6. The molecule has 0 bridgehead atoms. The monoisotopic (exact) mass is 265 g/mol. The largest absolute Gasteiger partial charge is 0.480 e. The van der Waals surface area contributed by atoms with Crippen molar-refractivity contribution in [2.24, 2.45) is 5.73 Å². The first kappa shape index (κ1) is 15.7. The highest BCUT2D eigenvalue weighted by molar-refractivity contribution is 5.88. The lowest BCUT2D eigenvalue weighted by atomic mass is 10.2. The highest BCUT2D eigenvalue weighted by Gasteiger charge is 2.33. The second kappa shape index (κ2) is 7.08. The Kier molecular flexibility index (Phi) is 6.52. The lowest BCUT2D eigenvalue weighted by Gasteiger charge is -2.21. The fourth-order valence-corrected chi connectivity index (χ4v) is 1.67. The Morgan fingerprint density at radius 1 is 1.41 bits per heavy atom. The van der Waals surface area contributed by atoms with Crippen LogP contribution in [-0.4, -0.2) is 53.5 Å². The number of carbonyl (C=O) groups is 3. The Bertz CT molecular complexity index is 311. The smallest absolute Gasteiger partial charge is 0.326 e. The highest BCUT2D eigenvalue weighted by atomic mass is 35.5. The standard InChI is InChI=1S/C9H15N3O4.ClH/c10-4-7(13)11-5-8(14)12-3-1-2-6(12)9(15)16;/h6H,1-5,10H2,(H,11,13)(H,15,16);1H/t6-;/m0./s1. The van der Waals surface area contributed by atoms with Gasteiger partial charge in [-0.15, -0.1) is 12.4 Å². The van der Waals surface area contributed by atoms with Crippen LogP contribution in [0.5, 0.6) is 0 Å². The zero-order valence-electron chi connectivity index (χ0n) is 9.22. The summed E-state index contributed by atoms with van der Waals surface area (Å²) in [5.41, 5.74) is 5.06. The van der Waals surface area contributed by atoms with Crippen LogP contribution in [0, 0.1) is 0 Å². The number of hydrogen-bond donors (Lipinski definition) is 3. The van der Waals surface area contributed by atoms with Crippen LogP contribution in [-0.2, 0) is 14.4 Å². The first-order chi connectivity index (χ1) is 7.56. The highest BCUT2D eigenvalue weighted by Crippen LogP contribution is 2.16. The van der Waals surface area contributed by atoms with Crippen molar-refractivity contribution in [1.82, 2.24) is 10.2 Å². The summed E-state index contributed by atoms with van der Waals surface area (Å²) < 4.78 is 0.